The van der Waals surface area contributed by atoms with Crippen LogP contribution in [-0.2, 0) is 10.8 Å². The van der Waals surface area contributed by atoms with E-state index in [4.69, 9.17) is 0 Å². The minimum atomic E-state index is -0.993. The van der Waals surface area contributed by atoms with Gasteiger partial charge in [-0.05, 0) is 13.8 Å². The molecule has 6 heteroatoms. The maximum Gasteiger partial charge on any atom is 0.256 e. The van der Waals surface area contributed by atoms with Gasteiger partial charge in [-0.25, -0.2) is 0 Å². The summed E-state index contributed by atoms with van der Waals surface area (Å²) in [6.07, 6.45) is 2.97. The lowest BCUT2D eigenvalue weighted by atomic mass is 10.2. The van der Waals surface area contributed by atoms with Crippen molar-refractivity contribution in [2.24, 2.45) is 0 Å². The van der Waals surface area contributed by atoms with Crippen LogP contribution in [-0.4, -0.2) is 33.2 Å². The topological polar surface area (TPSA) is 79.0 Å². The van der Waals surface area contributed by atoms with E-state index in [9.17, 15) is 13.8 Å². The predicted octanol–water partition coefficient (Wildman–Crippen LogP) is 0.180. The van der Waals surface area contributed by atoms with Gasteiger partial charge in [-0.2, -0.15) is 0 Å². The molecular weight excluding hydrogens is 240 g/mol. The van der Waals surface area contributed by atoms with Crippen molar-refractivity contribution in [3.63, 3.8) is 0 Å². The number of aryl methyl sites for hydroxylation is 1. The van der Waals surface area contributed by atoms with Gasteiger partial charge in [0.1, 0.15) is 5.56 Å². The maximum absolute atomic E-state index is 11.7. The molecule has 17 heavy (non-hydrogen) atoms. The Hall–Kier alpha value is -1.43. The summed E-state index contributed by atoms with van der Waals surface area (Å²) in [7, 11) is -0.993. The van der Waals surface area contributed by atoms with E-state index in [0.29, 0.717) is 5.69 Å². The minimum Gasteiger partial charge on any atom is -0.364 e. The highest BCUT2D eigenvalue weighted by atomic mass is 32.2. The third-order valence-corrected chi connectivity index (χ3v) is 3.72. The summed E-state index contributed by atoms with van der Waals surface area (Å²) in [5.74, 6) is -0.441. The zero-order chi connectivity index (χ0) is 13.0. The van der Waals surface area contributed by atoms with Crippen LogP contribution in [0.3, 0.4) is 0 Å². The second-order valence-electron chi connectivity index (χ2n) is 3.91. The zero-order valence-electron chi connectivity index (χ0n) is 10.1. The lowest BCUT2D eigenvalue weighted by Gasteiger charge is -2.09. The van der Waals surface area contributed by atoms with Crippen LogP contribution in [0.1, 0.15) is 23.0 Å². The monoisotopic (exact) mass is 256 g/mol. The second-order valence-corrected chi connectivity index (χ2v) is 5.72. The van der Waals surface area contributed by atoms with E-state index >= 15 is 0 Å². The zero-order valence-corrected chi connectivity index (χ0v) is 10.9. The minimum absolute atomic E-state index is 0.0738. The van der Waals surface area contributed by atoms with Gasteiger partial charge in [-0.15, -0.1) is 0 Å². The summed E-state index contributed by atoms with van der Waals surface area (Å²) in [5, 5.41) is 2.45. The Balaban J connectivity index is 2.71. The summed E-state index contributed by atoms with van der Waals surface area (Å²) in [6.45, 7) is 3.80. The number of carbonyl (C=O) groups is 1. The number of hydrogen-bond acceptors (Lipinski definition) is 3. The number of H-pyrrole nitrogens is 1. The first-order valence-corrected chi connectivity index (χ1v) is 6.83. The Morgan fingerprint density at radius 1 is 1.59 bits per heavy atom. The quantitative estimate of drug-likeness (QED) is 0.806. The van der Waals surface area contributed by atoms with Crippen LogP contribution in [0.2, 0.25) is 0 Å². The summed E-state index contributed by atoms with van der Waals surface area (Å²) >= 11 is 0. The molecule has 0 bridgehead atoms. The van der Waals surface area contributed by atoms with Gasteiger partial charge in [0.15, 0.2) is 5.43 Å². The van der Waals surface area contributed by atoms with Crippen molar-refractivity contribution in [1.82, 2.24) is 10.3 Å². The second kappa shape index (κ2) is 5.77. The van der Waals surface area contributed by atoms with E-state index < -0.39 is 16.7 Å². The molecule has 1 aromatic heterocycles. The van der Waals surface area contributed by atoms with Crippen molar-refractivity contribution in [1.29, 1.82) is 0 Å². The number of aromatic nitrogens is 1. The molecule has 0 radical (unpaired) electrons. The molecule has 0 aliphatic rings. The summed E-state index contributed by atoms with van der Waals surface area (Å²) in [5.41, 5.74) is 0.461. The Morgan fingerprint density at radius 3 is 2.76 bits per heavy atom. The first-order chi connectivity index (χ1) is 7.91. The van der Waals surface area contributed by atoms with Gasteiger partial charge in [0.05, 0.1) is 0 Å². The highest BCUT2D eigenvalue weighted by Gasteiger charge is 2.12. The molecular formula is C11H16N2O3S. The lowest BCUT2D eigenvalue weighted by molar-refractivity contribution is 0.0952. The molecule has 2 N–H and O–H groups in total. The molecule has 2 atom stereocenters. The van der Waals surface area contributed by atoms with Crippen LogP contribution in [0.5, 0.6) is 0 Å². The Bertz CT molecular complexity index is 496. The smallest absolute Gasteiger partial charge is 0.256 e. The molecule has 0 spiro atoms. The molecule has 1 amide bonds. The van der Waals surface area contributed by atoms with Gasteiger partial charge in [0.25, 0.3) is 5.91 Å². The number of hydrogen-bond donors (Lipinski definition) is 2. The first-order valence-electron chi connectivity index (χ1n) is 5.21. The molecule has 0 aliphatic heterocycles. The molecule has 5 nitrogen and oxygen atoms in total. The van der Waals surface area contributed by atoms with E-state index in [2.05, 4.69) is 10.3 Å². The molecule has 0 fully saturated rings. The van der Waals surface area contributed by atoms with Crippen molar-refractivity contribution in [3.8, 4) is 0 Å². The fourth-order valence-electron chi connectivity index (χ4n) is 1.20. The summed E-state index contributed by atoms with van der Waals surface area (Å²) < 4.78 is 11.1. The highest BCUT2D eigenvalue weighted by Crippen LogP contribution is 1.94. The Kier molecular flexibility index (Phi) is 4.62. The average molecular weight is 256 g/mol. The van der Waals surface area contributed by atoms with E-state index in [-0.39, 0.29) is 22.8 Å². The van der Waals surface area contributed by atoms with Crippen LogP contribution in [0.25, 0.3) is 0 Å². The number of aromatic amines is 1. The highest BCUT2D eigenvalue weighted by molar-refractivity contribution is 7.84. The van der Waals surface area contributed by atoms with Gasteiger partial charge in [-0.1, -0.05) is 0 Å². The molecule has 94 valence electrons. The fraction of sp³-hybridized carbons (Fsp3) is 0.455. The standard InChI is InChI=1S/C11H16N2O3S/c1-7-4-10(14)9(6-12-7)11(15)13-5-8(2)17(3)16/h4,6,8H,5H2,1-3H3,(H,12,14)(H,13,15). The molecule has 0 aliphatic carbocycles. The maximum atomic E-state index is 11.7. The van der Waals surface area contributed by atoms with Crippen molar-refractivity contribution in [3.05, 3.63) is 33.7 Å². The summed E-state index contributed by atoms with van der Waals surface area (Å²) in [6, 6.07) is 1.37. The van der Waals surface area contributed by atoms with Crippen molar-refractivity contribution >= 4 is 16.7 Å². The SMILES string of the molecule is Cc1cc(=O)c(C(=O)NCC(C)S(C)=O)c[nH]1. The van der Waals surface area contributed by atoms with E-state index in [0.717, 1.165) is 0 Å². The Labute approximate surface area is 102 Å². The number of rotatable bonds is 4. The molecule has 0 saturated heterocycles. The first kappa shape index (κ1) is 13.6. The van der Waals surface area contributed by atoms with Gasteiger partial charge in [0.2, 0.25) is 0 Å². The van der Waals surface area contributed by atoms with E-state index in [1.54, 1.807) is 20.1 Å². The third-order valence-electron chi connectivity index (χ3n) is 2.42. The van der Waals surface area contributed by atoms with E-state index in [1.165, 1.54) is 12.3 Å². The van der Waals surface area contributed by atoms with E-state index in [1.807, 2.05) is 0 Å². The largest absolute Gasteiger partial charge is 0.364 e. The number of pyridine rings is 1. The van der Waals surface area contributed by atoms with Gasteiger partial charge >= 0.3 is 0 Å². The van der Waals surface area contributed by atoms with Crippen LogP contribution in [0, 0.1) is 6.92 Å². The van der Waals surface area contributed by atoms with Crippen molar-refractivity contribution in [2.45, 2.75) is 19.1 Å². The lowest BCUT2D eigenvalue weighted by Crippen LogP contribution is -2.35. The van der Waals surface area contributed by atoms with Crippen LogP contribution in [0.4, 0.5) is 0 Å². The molecule has 0 saturated carbocycles. The van der Waals surface area contributed by atoms with Gasteiger partial charge in [0, 0.05) is 46.8 Å². The molecule has 1 heterocycles. The average Bonchev–Trinajstić information content (AvgIpc) is 2.25. The molecule has 2 unspecified atom stereocenters. The van der Waals surface area contributed by atoms with Crippen LogP contribution in [0.15, 0.2) is 17.1 Å². The number of nitrogens with one attached hydrogen (secondary N) is 2. The van der Waals surface area contributed by atoms with Crippen molar-refractivity contribution in [2.75, 3.05) is 12.8 Å². The van der Waals surface area contributed by atoms with Gasteiger partial charge in [-0.3, -0.25) is 13.8 Å². The number of carbonyl (C=O) groups excluding carboxylic acids is 1. The van der Waals surface area contributed by atoms with Crippen LogP contribution < -0.4 is 10.7 Å². The molecule has 1 aromatic rings. The summed E-state index contributed by atoms with van der Waals surface area (Å²) in [4.78, 5) is 26.0. The predicted molar refractivity (Wildman–Crippen MR) is 67.7 cm³/mol. The third kappa shape index (κ3) is 3.81. The van der Waals surface area contributed by atoms with Gasteiger partial charge < -0.3 is 10.3 Å². The molecule has 1 rings (SSSR count). The normalized spacial score (nSPS) is 14.1. The molecule has 0 aromatic carbocycles. The number of amides is 1. The Morgan fingerprint density at radius 2 is 2.24 bits per heavy atom. The van der Waals surface area contributed by atoms with Crippen LogP contribution >= 0.6 is 0 Å². The van der Waals surface area contributed by atoms with Crippen molar-refractivity contribution < 1.29 is 9.00 Å². The fourth-order valence-corrected chi connectivity index (χ4v) is 1.52.